The van der Waals surface area contributed by atoms with E-state index in [0.717, 1.165) is 18.5 Å². The van der Waals surface area contributed by atoms with Crippen molar-refractivity contribution in [3.8, 4) is 11.7 Å². The van der Waals surface area contributed by atoms with E-state index in [0.29, 0.717) is 23.9 Å². The molecule has 1 saturated heterocycles. The van der Waals surface area contributed by atoms with Crippen LogP contribution in [-0.4, -0.2) is 32.8 Å². The zero-order valence-electron chi connectivity index (χ0n) is 13.6. The van der Waals surface area contributed by atoms with Crippen LogP contribution >= 0.6 is 0 Å². The molecule has 4 heterocycles. The maximum Gasteiger partial charge on any atom is 0.318 e. The zero-order chi connectivity index (χ0) is 17.2. The molecule has 0 bridgehead atoms. The standard InChI is InChI=1S/C16H17N5O4/c1-10-8-13(24-19-10)11-4-2-6-21(11)16(22)17-9-14-18-15(25-20-14)12-5-3-7-23-12/h3,5,7-8,11H,2,4,6,9H2,1H3,(H,17,22)/t11-/m1/s1. The Hall–Kier alpha value is -3.10. The Morgan fingerprint density at radius 2 is 2.32 bits per heavy atom. The number of urea groups is 1. The molecule has 3 aromatic heterocycles. The van der Waals surface area contributed by atoms with Gasteiger partial charge in [-0.3, -0.25) is 0 Å². The molecule has 9 nitrogen and oxygen atoms in total. The van der Waals surface area contributed by atoms with Crippen molar-refractivity contribution >= 4 is 6.03 Å². The summed E-state index contributed by atoms with van der Waals surface area (Å²) in [5.41, 5.74) is 0.805. The minimum atomic E-state index is -0.194. The Kier molecular flexibility index (Phi) is 3.96. The lowest BCUT2D eigenvalue weighted by molar-refractivity contribution is 0.181. The number of aryl methyl sites for hydroxylation is 1. The van der Waals surface area contributed by atoms with Crippen molar-refractivity contribution in [3.05, 3.63) is 41.7 Å². The molecule has 130 valence electrons. The fourth-order valence-electron chi connectivity index (χ4n) is 2.93. The summed E-state index contributed by atoms with van der Waals surface area (Å²) in [5.74, 6) is 1.87. The lowest BCUT2D eigenvalue weighted by Gasteiger charge is -2.22. The third-order valence-electron chi connectivity index (χ3n) is 4.09. The topological polar surface area (TPSA) is 110 Å². The quantitative estimate of drug-likeness (QED) is 0.775. The number of amides is 2. The number of carbonyl (C=O) groups is 1. The molecule has 0 spiro atoms. The minimum Gasteiger partial charge on any atom is -0.459 e. The third kappa shape index (κ3) is 3.12. The van der Waals surface area contributed by atoms with E-state index in [-0.39, 0.29) is 24.5 Å². The highest BCUT2D eigenvalue weighted by Gasteiger charge is 2.32. The molecule has 0 radical (unpaired) electrons. The van der Waals surface area contributed by atoms with Crippen molar-refractivity contribution < 1.29 is 18.3 Å². The van der Waals surface area contributed by atoms with Crippen LogP contribution in [0.1, 0.15) is 36.2 Å². The van der Waals surface area contributed by atoms with Gasteiger partial charge in [-0.25, -0.2) is 4.79 Å². The van der Waals surface area contributed by atoms with Crippen molar-refractivity contribution in [3.63, 3.8) is 0 Å². The summed E-state index contributed by atoms with van der Waals surface area (Å²) in [5, 5.41) is 10.6. The first-order valence-corrected chi connectivity index (χ1v) is 8.05. The summed E-state index contributed by atoms with van der Waals surface area (Å²) < 4.78 is 15.6. The van der Waals surface area contributed by atoms with Gasteiger partial charge in [-0.2, -0.15) is 4.98 Å². The molecule has 0 aromatic carbocycles. The SMILES string of the molecule is Cc1cc([C@H]2CCCN2C(=O)NCc2noc(-c3ccco3)n2)on1. The van der Waals surface area contributed by atoms with Gasteiger partial charge >= 0.3 is 6.03 Å². The van der Waals surface area contributed by atoms with E-state index in [9.17, 15) is 4.79 Å². The van der Waals surface area contributed by atoms with Gasteiger partial charge in [-0.15, -0.1) is 0 Å². The largest absolute Gasteiger partial charge is 0.459 e. The molecule has 1 atom stereocenters. The summed E-state index contributed by atoms with van der Waals surface area (Å²) in [6.07, 6.45) is 3.30. The predicted molar refractivity (Wildman–Crippen MR) is 84.2 cm³/mol. The number of hydrogen-bond acceptors (Lipinski definition) is 7. The first-order chi connectivity index (χ1) is 12.2. The maximum absolute atomic E-state index is 12.5. The van der Waals surface area contributed by atoms with E-state index in [2.05, 4.69) is 20.6 Å². The van der Waals surface area contributed by atoms with Crippen LogP contribution in [0.4, 0.5) is 4.79 Å². The van der Waals surface area contributed by atoms with Crippen molar-refractivity contribution in [1.82, 2.24) is 25.5 Å². The Balaban J connectivity index is 1.38. The molecule has 9 heteroatoms. The van der Waals surface area contributed by atoms with Crippen molar-refractivity contribution in [2.45, 2.75) is 32.4 Å². The Labute approximate surface area is 143 Å². The van der Waals surface area contributed by atoms with E-state index in [1.54, 1.807) is 17.0 Å². The molecular formula is C16H17N5O4. The van der Waals surface area contributed by atoms with Crippen LogP contribution in [0.25, 0.3) is 11.7 Å². The molecule has 25 heavy (non-hydrogen) atoms. The summed E-state index contributed by atoms with van der Waals surface area (Å²) in [6.45, 7) is 2.70. The average molecular weight is 343 g/mol. The van der Waals surface area contributed by atoms with Crippen LogP contribution in [0.2, 0.25) is 0 Å². The maximum atomic E-state index is 12.5. The summed E-state index contributed by atoms with van der Waals surface area (Å²) in [7, 11) is 0. The van der Waals surface area contributed by atoms with Gasteiger partial charge in [0.15, 0.2) is 17.3 Å². The number of likely N-dealkylation sites (tertiary alicyclic amines) is 1. The van der Waals surface area contributed by atoms with E-state index in [1.807, 2.05) is 13.0 Å². The average Bonchev–Trinajstić information content (AvgIpc) is 3.38. The van der Waals surface area contributed by atoms with E-state index in [1.165, 1.54) is 6.26 Å². The fraction of sp³-hybridized carbons (Fsp3) is 0.375. The molecule has 1 fully saturated rings. The third-order valence-corrected chi connectivity index (χ3v) is 4.09. The van der Waals surface area contributed by atoms with E-state index < -0.39 is 0 Å². The molecular weight excluding hydrogens is 326 g/mol. The van der Waals surface area contributed by atoms with Crippen LogP contribution in [0.5, 0.6) is 0 Å². The molecule has 1 N–H and O–H groups in total. The number of aromatic nitrogens is 3. The van der Waals surface area contributed by atoms with Gasteiger partial charge in [0, 0.05) is 12.6 Å². The second-order valence-corrected chi connectivity index (χ2v) is 5.87. The highest BCUT2D eigenvalue weighted by atomic mass is 16.5. The van der Waals surface area contributed by atoms with Gasteiger partial charge in [0.2, 0.25) is 0 Å². The number of nitrogens with zero attached hydrogens (tertiary/aromatic N) is 4. The number of nitrogens with one attached hydrogen (secondary N) is 1. The Morgan fingerprint density at radius 3 is 3.08 bits per heavy atom. The van der Waals surface area contributed by atoms with Gasteiger partial charge in [0.05, 0.1) is 24.5 Å². The molecule has 2 amide bonds. The second kappa shape index (κ2) is 6.42. The van der Waals surface area contributed by atoms with E-state index in [4.69, 9.17) is 13.5 Å². The van der Waals surface area contributed by atoms with E-state index >= 15 is 0 Å². The fourth-order valence-corrected chi connectivity index (χ4v) is 2.93. The molecule has 4 rings (SSSR count). The van der Waals surface area contributed by atoms with Gasteiger partial charge in [0.25, 0.3) is 5.89 Å². The number of rotatable bonds is 4. The van der Waals surface area contributed by atoms with Crippen LogP contribution in [-0.2, 0) is 6.54 Å². The van der Waals surface area contributed by atoms with Crippen molar-refractivity contribution in [2.24, 2.45) is 0 Å². The van der Waals surface area contributed by atoms with Crippen LogP contribution in [0.15, 0.2) is 37.9 Å². The predicted octanol–water partition coefficient (Wildman–Crippen LogP) is 2.67. The second-order valence-electron chi connectivity index (χ2n) is 5.87. The number of hydrogen-bond donors (Lipinski definition) is 1. The minimum absolute atomic E-state index is 0.0925. The van der Waals surface area contributed by atoms with Crippen LogP contribution in [0, 0.1) is 6.92 Å². The van der Waals surface area contributed by atoms with Crippen LogP contribution < -0.4 is 5.32 Å². The number of furan rings is 1. The molecule has 1 aliphatic rings. The molecule has 3 aromatic rings. The van der Waals surface area contributed by atoms with Gasteiger partial charge < -0.3 is 23.7 Å². The molecule has 0 unspecified atom stereocenters. The van der Waals surface area contributed by atoms with Crippen molar-refractivity contribution in [2.75, 3.05) is 6.54 Å². The van der Waals surface area contributed by atoms with Crippen LogP contribution in [0.3, 0.4) is 0 Å². The lowest BCUT2D eigenvalue weighted by atomic mass is 10.1. The molecule has 1 aliphatic heterocycles. The highest BCUT2D eigenvalue weighted by Crippen LogP contribution is 2.32. The smallest absolute Gasteiger partial charge is 0.318 e. The lowest BCUT2D eigenvalue weighted by Crippen LogP contribution is -2.39. The summed E-state index contributed by atoms with van der Waals surface area (Å²) in [4.78, 5) is 18.4. The first kappa shape index (κ1) is 15.4. The highest BCUT2D eigenvalue weighted by molar-refractivity contribution is 5.74. The summed E-state index contributed by atoms with van der Waals surface area (Å²) >= 11 is 0. The van der Waals surface area contributed by atoms with Crippen molar-refractivity contribution in [1.29, 1.82) is 0 Å². The molecule has 0 saturated carbocycles. The zero-order valence-corrected chi connectivity index (χ0v) is 13.6. The monoisotopic (exact) mass is 343 g/mol. The normalized spacial score (nSPS) is 17.2. The summed E-state index contributed by atoms with van der Waals surface area (Å²) in [6, 6.07) is 5.04. The first-order valence-electron chi connectivity index (χ1n) is 8.05. The molecule has 0 aliphatic carbocycles. The van der Waals surface area contributed by atoms with Gasteiger partial charge in [0.1, 0.15) is 0 Å². The number of carbonyl (C=O) groups excluding carboxylic acids is 1. The Bertz CT molecular complexity index is 854. The van der Waals surface area contributed by atoms with Gasteiger partial charge in [-0.05, 0) is 31.9 Å². The Morgan fingerprint density at radius 1 is 1.40 bits per heavy atom. The van der Waals surface area contributed by atoms with Gasteiger partial charge in [-0.1, -0.05) is 10.3 Å².